The first kappa shape index (κ1) is 12.3. The van der Waals surface area contributed by atoms with Crippen LogP contribution in [0.4, 0.5) is 0 Å². The summed E-state index contributed by atoms with van der Waals surface area (Å²) in [6, 6.07) is 4.75. The summed E-state index contributed by atoms with van der Waals surface area (Å²) in [5.74, 6) is -0.457. The molecule has 88 valence electrons. The number of benzene rings is 1. The van der Waals surface area contributed by atoms with Crippen molar-refractivity contribution in [2.24, 2.45) is 0 Å². The molecule has 6 heteroatoms. The Balaban J connectivity index is 2.31. The predicted octanol–water partition coefficient (Wildman–Crippen LogP) is 3.55. The molecule has 0 unspecified atom stereocenters. The third-order valence-corrected chi connectivity index (χ3v) is 3.70. The second kappa shape index (κ2) is 5.01. The summed E-state index contributed by atoms with van der Waals surface area (Å²) >= 11 is 3.48. The SMILES string of the molecule is Cc1csc(Oc2cc(C(=O)O)ccc2I)n1. The molecule has 0 fully saturated rings. The van der Waals surface area contributed by atoms with Crippen molar-refractivity contribution in [3.63, 3.8) is 0 Å². The van der Waals surface area contributed by atoms with Crippen LogP contribution in [0.2, 0.25) is 0 Å². The lowest BCUT2D eigenvalue weighted by Crippen LogP contribution is -1.97. The maximum Gasteiger partial charge on any atom is 0.335 e. The fourth-order valence-electron chi connectivity index (χ4n) is 1.19. The van der Waals surface area contributed by atoms with E-state index in [9.17, 15) is 4.79 Å². The van der Waals surface area contributed by atoms with Crippen LogP contribution in [0.1, 0.15) is 16.1 Å². The smallest absolute Gasteiger partial charge is 0.335 e. The van der Waals surface area contributed by atoms with Gasteiger partial charge < -0.3 is 9.84 Å². The zero-order chi connectivity index (χ0) is 12.4. The monoisotopic (exact) mass is 361 g/mol. The van der Waals surface area contributed by atoms with Crippen molar-refractivity contribution in [1.29, 1.82) is 0 Å². The normalized spacial score (nSPS) is 10.2. The molecule has 0 aliphatic carbocycles. The molecule has 0 atom stereocenters. The Hall–Kier alpha value is -1.15. The lowest BCUT2D eigenvalue weighted by Gasteiger charge is -2.05. The Labute approximate surface area is 115 Å². The average molecular weight is 361 g/mol. The van der Waals surface area contributed by atoms with Crippen molar-refractivity contribution < 1.29 is 14.6 Å². The van der Waals surface area contributed by atoms with Gasteiger partial charge in [-0.05, 0) is 47.7 Å². The second-order valence-corrected chi connectivity index (χ2v) is 5.29. The van der Waals surface area contributed by atoms with Crippen molar-refractivity contribution in [1.82, 2.24) is 4.98 Å². The van der Waals surface area contributed by atoms with Crippen LogP contribution in [0.3, 0.4) is 0 Å². The summed E-state index contributed by atoms with van der Waals surface area (Å²) in [5, 5.41) is 11.3. The van der Waals surface area contributed by atoms with Gasteiger partial charge >= 0.3 is 5.97 Å². The molecule has 0 aliphatic rings. The molecule has 0 saturated carbocycles. The van der Waals surface area contributed by atoms with Gasteiger partial charge in [0.25, 0.3) is 5.19 Å². The third-order valence-electron chi connectivity index (χ3n) is 1.97. The molecule has 0 aliphatic heterocycles. The zero-order valence-electron chi connectivity index (χ0n) is 8.81. The number of hydrogen-bond acceptors (Lipinski definition) is 4. The van der Waals surface area contributed by atoms with Gasteiger partial charge in [0.2, 0.25) is 0 Å². The van der Waals surface area contributed by atoms with Crippen LogP contribution < -0.4 is 4.74 Å². The largest absolute Gasteiger partial charge is 0.478 e. The molecule has 0 saturated heterocycles. The highest BCUT2D eigenvalue weighted by molar-refractivity contribution is 14.1. The van der Waals surface area contributed by atoms with Crippen molar-refractivity contribution in [2.45, 2.75) is 6.92 Å². The fourth-order valence-corrected chi connectivity index (χ4v) is 2.29. The van der Waals surface area contributed by atoms with Gasteiger partial charge in [-0.25, -0.2) is 9.78 Å². The van der Waals surface area contributed by atoms with Crippen LogP contribution in [0.5, 0.6) is 10.9 Å². The van der Waals surface area contributed by atoms with E-state index >= 15 is 0 Å². The molecule has 0 amide bonds. The lowest BCUT2D eigenvalue weighted by molar-refractivity contribution is 0.0696. The standard InChI is InChI=1S/C11H8INO3S/c1-6-5-17-11(13-6)16-9-4-7(10(14)15)2-3-8(9)12/h2-5H,1H3,(H,14,15). The summed E-state index contributed by atoms with van der Waals surface area (Å²) in [5.41, 5.74) is 1.09. The number of ether oxygens (including phenoxy) is 1. The van der Waals surface area contributed by atoms with Gasteiger partial charge in [0.1, 0.15) is 5.75 Å². The summed E-state index contributed by atoms with van der Waals surface area (Å²) in [4.78, 5) is 15.0. The number of aromatic carboxylic acids is 1. The van der Waals surface area contributed by atoms with Gasteiger partial charge in [0.05, 0.1) is 14.8 Å². The molecular formula is C11H8INO3S. The van der Waals surface area contributed by atoms with Crippen LogP contribution in [-0.4, -0.2) is 16.1 Å². The van der Waals surface area contributed by atoms with Crippen LogP contribution >= 0.6 is 33.9 Å². The van der Waals surface area contributed by atoms with Gasteiger partial charge in [-0.1, -0.05) is 11.3 Å². The van der Waals surface area contributed by atoms with Gasteiger partial charge in [0, 0.05) is 5.38 Å². The highest BCUT2D eigenvalue weighted by Gasteiger charge is 2.10. The number of aromatic nitrogens is 1. The Kier molecular flexibility index (Phi) is 3.63. The lowest BCUT2D eigenvalue weighted by atomic mass is 10.2. The highest BCUT2D eigenvalue weighted by atomic mass is 127. The molecule has 0 radical (unpaired) electrons. The molecule has 0 spiro atoms. The first-order valence-corrected chi connectivity index (χ1v) is 6.65. The number of hydrogen-bond donors (Lipinski definition) is 1. The van der Waals surface area contributed by atoms with Crippen LogP contribution in [0, 0.1) is 10.5 Å². The molecule has 2 aromatic rings. The van der Waals surface area contributed by atoms with E-state index in [-0.39, 0.29) is 5.56 Å². The van der Waals surface area contributed by atoms with Gasteiger partial charge in [-0.15, -0.1) is 0 Å². The van der Waals surface area contributed by atoms with E-state index in [1.165, 1.54) is 17.4 Å². The number of halogens is 1. The molecule has 17 heavy (non-hydrogen) atoms. The predicted molar refractivity (Wildman–Crippen MR) is 73.0 cm³/mol. The molecule has 1 aromatic carbocycles. The number of nitrogens with zero attached hydrogens (tertiary/aromatic N) is 1. The van der Waals surface area contributed by atoms with Crippen LogP contribution in [-0.2, 0) is 0 Å². The van der Waals surface area contributed by atoms with E-state index in [1.807, 2.05) is 12.3 Å². The average Bonchev–Trinajstić information content (AvgIpc) is 2.67. The van der Waals surface area contributed by atoms with Crippen LogP contribution in [0.25, 0.3) is 0 Å². The Morgan fingerprint density at radius 2 is 2.29 bits per heavy atom. The number of carbonyl (C=O) groups is 1. The second-order valence-electron chi connectivity index (χ2n) is 3.31. The van der Waals surface area contributed by atoms with E-state index in [0.29, 0.717) is 10.9 Å². The minimum absolute atomic E-state index is 0.202. The summed E-state index contributed by atoms with van der Waals surface area (Å²) in [7, 11) is 0. The van der Waals surface area contributed by atoms with Gasteiger partial charge in [-0.3, -0.25) is 0 Å². The molecular weight excluding hydrogens is 353 g/mol. The van der Waals surface area contributed by atoms with Crippen molar-refractivity contribution in [3.05, 3.63) is 38.4 Å². The number of rotatable bonds is 3. The maximum absolute atomic E-state index is 10.8. The van der Waals surface area contributed by atoms with Gasteiger partial charge in [0.15, 0.2) is 0 Å². The molecule has 1 heterocycles. The van der Waals surface area contributed by atoms with Crippen molar-refractivity contribution in [3.8, 4) is 10.9 Å². The highest BCUT2D eigenvalue weighted by Crippen LogP contribution is 2.29. The summed E-state index contributed by atoms with van der Waals surface area (Å²) in [6.45, 7) is 1.88. The summed E-state index contributed by atoms with van der Waals surface area (Å²) < 4.78 is 6.41. The Morgan fingerprint density at radius 1 is 1.53 bits per heavy atom. The first-order valence-electron chi connectivity index (χ1n) is 4.69. The minimum Gasteiger partial charge on any atom is -0.478 e. The number of thiazole rings is 1. The third kappa shape index (κ3) is 2.95. The Morgan fingerprint density at radius 3 is 2.88 bits per heavy atom. The van der Waals surface area contributed by atoms with E-state index in [2.05, 4.69) is 27.6 Å². The van der Waals surface area contributed by atoms with E-state index < -0.39 is 5.97 Å². The fraction of sp³-hybridized carbons (Fsp3) is 0.0909. The maximum atomic E-state index is 10.8. The zero-order valence-corrected chi connectivity index (χ0v) is 11.8. The van der Waals surface area contributed by atoms with Gasteiger partial charge in [-0.2, -0.15) is 0 Å². The molecule has 2 rings (SSSR count). The quantitative estimate of drug-likeness (QED) is 0.850. The summed E-state index contributed by atoms with van der Waals surface area (Å²) in [6.07, 6.45) is 0. The molecule has 0 bridgehead atoms. The Bertz CT molecular complexity index is 568. The molecule has 1 N–H and O–H groups in total. The molecule has 4 nitrogen and oxygen atoms in total. The van der Waals surface area contributed by atoms with Crippen molar-refractivity contribution in [2.75, 3.05) is 0 Å². The van der Waals surface area contributed by atoms with E-state index in [0.717, 1.165) is 9.26 Å². The minimum atomic E-state index is -0.971. The number of carboxylic acids is 1. The molecule has 1 aromatic heterocycles. The van der Waals surface area contributed by atoms with Crippen LogP contribution in [0.15, 0.2) is 23.6 Å². The first-order chi connectivity index (χ1) is 8.06. The topological polar surface area (TPSA) is 59.4 Å². The van der Waals surface area contributed by atoms with E-state index in [4.69, 9.17) is 9.84 Å². The number of carboxylic acid groups (broad SMARTS) is 1. The number of aryl methyl sites for hydroxylation is 1. The van der Waals surface area contributed by atoms with E-state index in [1.54, 1.807) is 12.1 Å². The van der Waals surface area contributed by atoms with Crippen molar-refractivity contribution >= 4 is 39.9 Å².